The van der Waals surface area contributed by atoms with E-state index >= 15 is 0 Å². The van der Waals surface area contributed by atoms with Gasteiger partial charge in [-0.25, -0.2) is 0 Å². The molecule has 0 saturated carbocycles. The smallest absolute Gasteiger partial charge is 0.0713 e. The maximum atomic E-state index is 2.43. The van der Waals surface area contributed by atoms with Gasteiger partial charge in [0.1, 0.15) is 0 Å². The topological polar surface area (TPSA) is 3.24 Å². The normalized spacial score (nSPS) is 12.7. The predicted octanol–water partition coefficient (Wildman–Crippen LogP) is 19.3. The Morgan fingerprint density at radius 3 is 1.57 bits per heavy atom. The zero-order valence-corrected chi connectivity index (χ0v) is 39.7. The van der Waals surface area contributed by atoms with Crippen LogP contribution in [0.15, 0.2) is 261 Å². The zero-order chi connectivity index (χ0) is 46.2. The number of thiophene rings is 2. The first-order chi connectivity index (χ1) is 34.7. The number of benzene rings is 11. The van der Waals surface area contributed by atoms with Gasteiger partial charge >= 0.3 is 0 Å². The van der Waals surface area contributed by atoms with E-state index in [9.17, 15) is 0 Å². The lowest BCUT2D eigenvalue weighted by atomic mass is 9.68. The van der Waals surface area contributed by atoms with Gasteiger partial charge in [0.15, 0.2) is 0 Å². The molecule has 70 heavy (non-hydrogen) atoms. The summed E-state index contributed by atoms with van der Waals surface area (Å²) in [6.07, 6.45) is 0. The summed E-state index contributed by atoms with van der Waals surface area (Å²) in [6.45, 7) is 0. The Morgan fingerprint density at radius 2 is 0.814 bits per heavy atom. The molecule has 2 aromatic heterocycles. The Bertz CT molecular complexity index is 4070. The van der Waals surface area contributed by atoms with Gasteiger partial charge in [0.25, 0.3) is 0 Å². The predicted molar refractivity (Wildman–Crippen MR) is 301 cm³/mol. The molecule has 3 heteroatoms. The molecule has 328 valence electrons. The molecule has 2 heterocycles. The van der Waals surface area contributed by atoms with Crippen molar-refractivity contribution in [1.82, 2.24) is 0 Å². The van der Waals surface area contributed by atoms with E-state index in [0.29, 0.717) is 0 Å². The van der Waals surface area contributed by atoms with Gasteiger partial charge in [-0.15, -0.1) is 22.7 Å². The van der Waals surface area contributed by atoms with Crippen molar-refractivity contribution >= 4 is 80.1 Å². The molecule has 1 aliphatic rings. The van der Waals surface area contributed by atoms with Crippen molar-refractivity contribution in [2.45, 2.75) is 5.41 Å². The van der Waals surface area contributed by atoms with Crippen LogP contribution in [-0.4, -0.2) is 0 Å². The number of nitrogens with zero attached hydrogens (tertiary/aromatic N) is 1. The Morgan fingerprint density at radius 1 is 0.286 bits per heavy atom. The van der Waals surface area contributed by atoms with Crippen LogP contribution in [0.4, 0.5) is 17.1 Å². The average molecular weight is 926 g/mol. The molecule has 0 saturated heterocycles. The number of hydrogen-bond acceptors (Lipinski definition) is 3. The number of fused-ring (bicyclic) bond motifs is 9. The summed E-state index contributed by atoms with van der Waals surface area (Å²) < 4.78 is 5.29. The van der Waals surface area contributed by atoms with Crippen molar-refractivity contribution in [2.24, 2.45) is 0 Å². The molecule has 13 aromatic rings. The monoisotopic (exact) mass is 925 g/mol. The molecule has 1 nitrogen and oxygen atoms in total. The molecule has 0 fully saturated rings. The van der Waals surface area contributed by atoms with E-state index in [4.69, 9.17) is 0 Å². The summed E-state index contributed by atoms with van der Waals surface area (Å²) in [5, 5.41) is 5.28. The molecule has 0 bridgehead atoms. The van der Waals surface area contributed by atoms with E-state index in [0.717, 1.165) is 17.1 Å². The molecule has 0 atom stereocenters. The maximum absolute atomic E-state index is 2.43. The highest BCUT2D eigenvalue weighted by Crippen LogP contribution is 2.57. The first-order valence-electron chi connectivity index (χ1n) is 24.0. The molecule has 0 spiro atoms. The van der Waals surface area contributed by atoms with Gasteiger partial charge in [-0.05, 0) is 127 Å². The van der Waals surface area contributed by atoms with Crippen molar-refractivity contribution in [3.63, 3.8) is 0 Å². The summed E-state index contributed by atoms with van der Waals surface area (Å²) in [5.74, 6) is 0. The largest absolute Gasteiger partial charge is 0.310 e. The average Bonchev–Trinajstić information content (AvgIpc) is 4.11. The van der Waals surface area contributed by atoms with Gasteiger partial charge in [0, 0.05) is 57.4 Å². The summed E-state index contributed by atoms with van der Waals surface area (Å²) in [7, 11) is 0. The summed E-state index contributed by atoms with van der Waals surface area (Å²) >= 11 is 3.75. The minimum absolute atomic E-state index is 0.467. The van der Waals surface area contributed by atoms with Crippen LogP contribution in [0.3, 0.4) is 0 Å². The van der Waals surface area contributed by atoms with Crippen molar-refractivity contribution in [1.29, 1.82) is 0 Å². The molecular weight excluding hydrogens is 883 g/mol. The third kappa shape index (κ3) is 6.36. The molecule has 1 aliphatic carbocycles. The number of anilines is 3. The van der Waals surface area contributed by atoms with Crippen LogP contribution in [0.5, 0.6) is 0 Å². The highest BCUT2D eigenvalue weighted by molar-refractivity contribution is 7.26. The van der Waals surface area contributed by atoms with Crippen LogP contribution in [0.1, 0.15) is 22.3 Å². The third-order valence-corrected chi connectivity index (χ3v) is 16.9. The van der Waals surface area contributed by atoms with Gasteiger partial charge in [-0.1, -0.05) is 200 Å². The minimum atomic E-state index is -0.467. The van der Waals surface area contributed by atoms with Crippen molar-refractivity contribution in [2.75, 3.05) is 4.90 Å². The Balaban J connectivity index is 0.907. The number of rotatable bonds is 8. The summed E-state index contributed by atoms with van der Waals surface area (Å²) in [6, 6.07) is 96.7. The van der Waals surface area contributed by atoms with E-state index in [-0.39, 0.29) is 0 Å². The van der Waals surface area contributed by atoms with E-state index in [1.807, 2.05) is 22.7 Å². The quantitative estimate of drug-likeness (QED) is 0.147. The van der Waals surface area contributed by atoms with Crippen LogP contribution < -0.4 is 4.90 Å². The number of hydrogen-bond donors (Lipinski definition) is 0. The van der Waals surface area contributed by atoms with Crippen LogP contribution in [0.25, 0.3) is 84.9 Å². The second kappa shape index (κ2) is 16.4. The van der Waals surface area contributed by atoms with Crippen molar-refractivity contribution in [3.05, 3.63) is 283 Å². The molecule has 0 unspecified atom stereocenters. The van der Waals surface area contributed by atoms with Gasteiger partial charge in [-0.3, -0.25) is 0 Å². The lowest BCUT2D eigenvalue weighted by molar-refractivity contribution is 0.768. The van der Waals surface area contributed by atoms with Gasteiger partial charge in [0.2, 0.25) is 0 Å². The second-order valence-corrected chi connectivity index (χ2v) is 20.5. The lowest BCUT2D eigenvalue weighted by Crippen LogP contribution is -2.28. The maximum Gasteiger partial charge on any atom is 0.0713 e. The van der Waals surface area contributed by atoms with Crippen molar-refractivity contribution < 1.29 is 0 Å². The summed E-state index contributed by atoms with van der Waals surface area (Å²) in [5.41, 5.74) is 17.8. The SMILES string of the molecule is c1ccc(C2(c3ccccc3)c3ccccc3-c3cc(N(c4ccc(-c5cccc(-c6cccc7c6sc6ccccc67)c5)cc4)c4ccc(-c5cccc6sc7ccccc7c56)cc4)ccc32)cc1. The summed E-state index contributed by atoms with van der Waals surface area (Å²) in [4.78, 5) is 2.43. The first kappa shape index (κ1) is 40.7. The fraction of sp³-hybridized carbons (Fsp3) is 0.0149. The molecule has 0 aliphatic heterocycles. The van der Waals surface area contributed by atoms with E-state index in [2.05, 4.69) is 266 Å². The van der Waals surface area contributed by atoms with Crippen LogP contribution in [-0.2, 0) is 5.41 Å². The van der Waals surface area contributed by atoms with Crippen LogP contribution in [0.2, 0.25) is 0 Å². The van der Waals surface area contributed by atoms with Crippen molar-refractivity contribution in [3.8, 4) is 44.5 Å². The zero-order valence-electron chi connectivity index (χ0n) is 38.1. The van der Waals surface area contributed by atoms with Crippen LogP contribution in [0, 0.1) is 0 Å². The van der Waals surface area contributed by atoms with Gasteiger partial charge in [0.05, 0.1) is 5.41 Å². The molecule has 14 rings (SSSR count). The fourth-order valence-corrected chi connectivity index (χ4v) is 13.8. The highest BCUT2D eigenvalue weighted by atomic mass is 32.1. The van der Waals surface area contributed by atoms with Gasteiger partial charge in [-0.2, -0.15) is 0 Å². The lowest BCUT2D eigenvalue weighted by Gasteiger charge is -2.34. The Hall–Kier alpha value is -8.34. The fourth-order valence-electron chi connectivity index (χ4n) is 11.5. The van der Waals surface area contributed by atoms with E-state index in [1.165, 1.54) is 107 Å². The standard InChI is InChI=1S/C67H43NS2/c1-3-18-48(19-4-1)67(49-20-5-2-6-21-49)60-28-10-7-22-55(60)59-43-52(40-41-61(59)67)68(51-38-34-45(35-39-51)53-25-15-31-64-65(53)58-24-9-12-30-63(58)69-64)50-36-32-44(33-37-50)46-16-13-17-47(42-46)54-26-14-27-57-56-23-8-11-29-62(56)70-66(54)57/h1-43H. The molecule has 0 amide bonds. The van der Waals surface area contributed by atoms with Gasteiger partial charge < -0.3 is 4.90 Å². The van der Waals surface area contributed by atoms with Crippen LogP contribution >= 0.6 is 22.7 Å². The second-order valence-electron chi connectivity index (χ2n) is 18.3. The molecule has 11 aromatic carbocycles. The first-order valence-corrected chi connectivity index (χ1v) is 25.6. The van der Waals surface area contributed by atoms with E-state index in [1.54, 1.807) is 0 Å². The molecule has 0 N–H and O–H groups in total. The molecular formula is C67H43NS2. The minimum Gasteiger partial charge on any atom is -0.310 e. The third-order valence-electron chi connectivity index (χ3n) is 14.6. The van der Waals surface area contributed by atoms with E-state index < -0.39 is 5.41 Å². The Labute approximate surface area is 415 Å². The molecule has 0 radical (unpaired) electrons. The Kier molecular flexibility index (Phi) is 9.55. The highest BCUT2D eigenvalue weighted by Gasteiger charge is 2.46.